The molecule has 6 heteroatoms. The van der Waals surface area contributed by atoms with Crippen LogP contribution in [0.5, 0.6) is 0 Å². The monoisotopic (exact) mass is 488 g/mol. The lowest BCUT2D eigenvalue weighted by Crippen LogP contribution is -2.31. The molecule has 1 N–H and O–H groups in total. The van der Waals surface area contributed by atoms with Gasteiger partial charge in [-0.15, -0.1) is 0 Å². The van der Waals surface area contributed by atoms with E-state index in [1.54, 1.807) is 6.07 Å². The first kappa shape index (κ1) is 21.7. The van der Waals surface area contributed by atoms with Crippen LogP contribution in [-0.2, 0) is 9.53 Å². The van der Waals surface area contributed by atoms with Crippen LogP contribution in [0.2, 0.25) is 0 Å². The van der Waals surface area contributed by atoms with Gasteiger partial charge in [-0.25, -0.2) is 9.78 Å². The van der Waals surface area contributed by atoms with E-state index in [1.807, 2.05) is 85.8 Å². The number of carbonyl (C=O) groups is 2. The summed E-state index contributed by atoms with van der Waals surface area (Å²) in [6, 6.07) is 26.2. The van der Waals surface area contributed by atoms with E-state index in [2.05, 4.69) is 26.2 Å². The molecule has 1 amide bonds. The number of nitrogens with zero attached hydrogens (tertiary/aromatic N) is 1. The van der Waals surface area contributed by atoms with E-state index < -0.39 is 5.97 Å². The highest BCUT2D eigenvalue weighted by atomic mass is 79.9. The van der Waals surface area contributed by atoms with Crippen LogP contribution in [0, 0.1) is 0 Å². The second kappa shape index (κ2) is 9.75. The Morgan fingerprint density at radius 2 is 1.72 bits per heavy atom. The molecule has 0 saturated heterocycles. The summed E-state index contributed by atoms with van der Waals surface area (Å²) < 4.78 is 6.28. The highest BCUT2D eigenvalue weighted by Gasteiger charge is 2.17. The van der Waals surface area contributed by atoms with Crippen LogP contribution < -0.4 is 5.32 Å². The number of esters is 1. The topological polar surface area (TPSA) is 68.3 Å². The summed E-state index contributed by atoms with van der Waals surface area (Å²) >= 11 is 3.47. The summed E-state index contributed by atoms with van der Waals surface area (Å²) in [6.45, 7) is 1.52. The van der Waals surface area contributed by atoms with Crippen molar-refractivity contribution in [3.8, 4) is 11.3 Å². The smallest absolute Gasteiger partial charge is 0.339 e. The first-order valence-corrected chi connectivity index (χ1v) is 11.0. The zero-order valence-corrected chi connectivity index (χ0v) is 19.0. The van der Waals surface area contributed by atoms with Gasteiger partial charge in [0.05, 0.1) is 22.8 Å². The van der Waals surface area contributed by atoms with Gasteiger partial charge in [-0.1, -0.05) is 76.6 Å². The van der Waals surface area contributed by atoms with E-state index >= 15 is 0 Å². The average molecular weight is 489 g/mol. The summed E-state index contributed by atoms with van der Waals surface area (Å²) in [5.41, 5.74) is 3.55. The minimum absolute atomic E-state index is 0.188. The third-order valence-corrected chi connectivity index (χ3v) is 5.56. The van der Waals surface area contributed by atoms with Gasteiger partial charge in [0.15, 0.2) is 6.61 Å². The number of para-hydroxylation sites is 1. The number of fused-ring (bicyclic) bond motifs is 1. The van der Waals surface area contributed by atoms with Gasteiger partial charge in [-0.3, -0.25) is 4.79 Å². The van der Waals surface area contributed by atoms with E-state index in [0.29, 0.717) is 22.2 Å². The minimum Gasteiger partial charge on any atom is -0.452 e. The van der Waals surface area contributed by atoms with Crippen molar-refractivity contribution in [3.63, 3.8) is 0 Å². The number of ether oxygens (including phenoxy) is 1. The highest BCUT2D eigenvalue weighted by molar-refractivity contribution is 9.10. The molecule has 1 heterocycles. The zero-order chi connectivity index (χ0) is 22.5. The van der Waals surface area contributed by atoms with Crippen LogP contribution in [0.15, 0.2) is 89.4 Å². The van der Waals surface area contributed by atoms with Crippen LogP contribution in [0.4, 0.5) is 0 Å². The Morgan fingerprint density at radius 3 is 2.50 bits per heavy atom. The van der Waals surface area contributed by atoms with E-state index in [-0.39, 0.29) is 18.6 Å². The van der Waals surface area contributed by atoms with Gasteiger partial charge in [0.2, 0.25) is 0 Å². The second-order valence-electron chi connectivity index (χ2n) is 7.36. The van der Waals surface area contributed by atoms with Gasteiger partial charge < -0.3 is 10.1 Å². The molecule has 32 heavy (non-hydrogen) atoms. The third kappa shape index (κ3) is 5.03. The first-order valence-electron chi connectivity index (χ1n) is 10.2. The van der Waals surface area contributed by atoms with Gasteiger partial charge >= 0.3 is 5.97 Å². The number of halogens is 1. The maximum Gasteiger partial charge on any atom is 0.339 e. The second-order valence-corrected chi connectivity index (χ2v) is 8.27. The number of pyridine rings is 1. The SMILES string of the molecule is CC(NC(=O)COC(=O)c1cc(-c2cccc(Br)c2)nc2ccccc12)c1ccccc1. The fourth-order valence-electron chi connectivity index (χ4n) is 3.46. The Hall–Kier alpha value is -3.51. The molecule has 0 saturated carbocycles. The largest absolute Gasteiger partial charge is 0.452 e. The van der Waals surface area contributed by atoms with Crippen LogP contribution in [0.1, 0.15) is 28.9 Å². The number of benzene rings is 3. The molecule has 1 aromatic heterocycles. The molecule has 0 aliphatic heterocycles. The number of hydrogen-bond donors (Lipinski definition) is 1. The van der Waals surface area contributed by atoms with E-state index in [9.17, 15) is 9.59 Å². The van der Waals surface area contributed by atoms with Crippen LogP contribution in [0.25, 0.3) is 22.2 Å². The lowest BCUT2D eigenvalue weighted by molar-refractivity contribution is -0.124. The van der Waals surface area contributed by atoms with Crippen molar-refractivity contribution in [1.82, 2.24) is 10.3 Å². The summed E-state index contributed by atoms with van der Waals surface area (Å²) in [7, 11) is 0. The lowest BCUT2D eigenvalue weighted by Gasteiger charge is -2.15. The molecule has 0 bridgehead atoms. The molecule has 1 atom stereocenters. The Morgan fingerprint density at radius 1 is 0.969 bits per heavy atom. The van der Waals surface area contributed by atoms with E-state index in [0.717, 1.165) is 15.6 Å². The minimum atomic E-state index is -0.567. The summed E-state index contributed by atoms with van der Waals surface area (Å²) in [5, 5.41) is 3.53. The molecule has 3 aromatic carbocycles. The third-order valence-electron chi connectivity index (χ3n) is 5.07. The Labute approximate surface area is 194 Å². The summed E-state index contributed by atoms with van der Waals surface area (Å²) in [5.74, 6) is -0.928. The van der Waals surface area contributed by atoms with Crippen molar-refractivity contribution in [1.29, 1.82) is 0 Å². The Kier molecular flexibility index (Phi) is 6.61. The molecule has 1 unspecified atom stereocenters. The summed E-state index contributed by atoms with van der Waals surface area (Å²) in [6.07, 6.45) is 0. The molecule has 4 aromatic rings. The van der Waals surface area contributed by atoms with Crippen molar-refractivity contribution >= 4 is 38.7 Å². The van der Waals surface area contributed by atoms with Gasteiger partial charge in [0.25, 0.3) is 5.91 Å². The van der Waals surface area contributed by atoms with Crippen molar-refractivity contribution in [2.75, 3.05) is 6.61 Å². The average Bonchev–Trinajstić information content (AvgIpc) is 2.82. The fourth-order valence-corrected chi connectivity index (χ4v) is 3.86. The zero-order valence-electron chi connectivity index (χ0n) is 17.4. The summed E-state index contributed by atoms with van der Waals surface area (Å²) in [4.78, 5) is 30.0. The molecule has 0 aliphatic carbocycles. The molecule has 0 spiro atoms. The van der Waals surface area contributed by atoms with Crippen molar-refractivity contribution in [3.05, 3.63) is 101 Å². The predicted molar refractivity (Wildman–Crippen MR) is 128 cm³/mol. The number of carbonyl (C=O) groups excluding carboxylic acids is 2. The number of aromatic nitrogens is 1. The lowest BCUT2D eigenvalue weighted by atomic mass is 10.0. The molecule has 5 nitrogen and oxygen atoms in total. The standard InChI is InChI=1S/C26H21BrN2O3/c1-17(18-8-3-2-4-9-18)28-25(30)16-32-26(31)22-15-24(19-10-7-11-20(27)14-19)29-23-13-6-5-12-21(22)23/h2-15,17H,16H2,1H3,(H,28,30). The molecule has 0 fully saturated rings. The first-order chi connectivity index (χ1) is 15.5. The van der Waals surface area contributed by atoms with Gasteiger partial charge in [0, 0.05) is 15.4 Å². The predicted octanol–water partition coefficient (Wildman–Crippen LogP) is 5.70. The molecule has 0 aliphatic rings. The number of nitrogens with one attached hydrogen (secondary N) is 1. The van der Waals surface area contributed by atoms with Gasteiger partial charge in [-0.05, 0) is 36.8 Å². The van der Waals surface area contributed by atoms with Crippen LogP contribution in [0.3, 0.4) is 0 Å². The highest BCUT2D eigenvalue weighted by Crippen LogP contribution is 2.27. The van der Waals surface area contributed by atoms with Crippen molar-refractivity contribution in [2.45, 2.75) is 13.0 Å². The molecule has 0 radical (unpaired) electrons. The Balaban J connectivity index is 1.53. The number of amides is 1. The van der Waals surface area contributed by atoms with Gasteiger partial charge in [0.1, 0.15) is 0 Å². The number of rotatable bonds is 6. The quantitative estimate of drug-likeness (QED) is 0.353. The van der Waals surface area contributed by atoms with Crippen molar-refractivity contribution < 1.29 is 14.3 Å². The molecular weight excluding hydrogens is 468 g/mol. The molecular formula is C26H21BrN2O3. The fraction of sp³-hybridized carbons (Fsp3) is 0.115. The van der Waals surface area contributed by atoms with Crippen LogP contribution in [-0.4, -0.2) is 23.5 Å². The molecule has 4 rings (SSSR count). The normalized spacial score (nSPS) is 11.7. The number of hydrogen-bond acceptors (Lipinski definition) is 4. The van der Waals surface area contributed by atoms with Crippen LogP contribution >= 0.6 is 15.9 Å². The van der Waals surface area contributed by atoms with Gasteiger partial charge in [-0.2, -0.15) is 0 Å². The van der Waals surface area contributed by atoms with E-state index in [1.165, 1.54) is 0 Å². The Bertz CT molecular complexity index is 1270. The van der Waals surface area contributed by atoms with Crippen molar-refractivity contribution in [2.24, 2.45) is 0 Å². The maximum absolute atomic E-state index is 12.9. The maximum atomic E-state index is 12.9. The molecule has 160 valence electrons. The van der Waals surface area contributed by atoms with E-state index in [4.69, 9.17) is 4.74 Å².